The lowest BCUT2D eigenvalue weighted by Gasteiger charge is -2.34. The molecule has 2 aromatic rings. The Morgan fingerprint density at radius 3 is 2.71 bits per heavy atom. The lowest BCUT2D eigenvalue weighted by molar-refractivity contribution is -0.122. The van der Waals surface area contributed by atoms with E-state index < -0.39 is 22.0 Å². The second-order valence-corrected chi connectivity index (χ2v) is 9.14. The van der Waals surface area contributed by atoms with Crippen LogP contribution in [-0.4, -0.2) is 59.4 Å². The smallest absolute Gasteiger partial charge is 0.267 e. The highest BCUT2D eigenvalue weighted by molar-refractivity contribution is 7.92. The number of nitrogens with zero attached hydrogens (tertiary/aromatic N) is 1. The van der Waals surface area contributed by atoms with Crippen molar-refractivity contribution in [1.29, 1.82) is 0 Å². The summed E-state index contributed by atoms with van der Waals surface area (Å²) in [5.41, 5.74) is 0.797. The lowest BCUT2D eigenvalue weighted by Crippen LogP contribution is -2.48. The number of para-hydroxylation sites is 1. The normalized spacial score (nSPS) is 15.6. The number of fused-ring (bicyclic) bond motifs is 1. The van der Waals surface area contributed by atoms with Crippen LogP contribution < -0.4 is 19.7 Å². The number of halogens is 1. The Hall–Kier alpha value is -2.82. The maximum atomic E-state index is 12.9. The van der Waals surface area contributed by atoms with Gasteiger partial charge in [-0.2, -0.15) is 0 Å². The predicted octanol–water partition coefficient (Wildman–Crippen LogP) is 1.88. The fourth-order valence-corrected chi connectivity index (χ4v) is 4.11. The minimum Gasteiger partial charge on any atom is -0.476 e. The molecule has 3 rings (SSSR count). The third-order valence-corrected chi connectivity index (χ3v) is 5.89. The van der Waals surface area contributed by atoms with Crippen LogP contribution in [0.5, 0.6) is 5.75 Å². The van der Waals surface area contributed by atoms with Crippen molar-refractivity contribution >= 4 is 44.8 Å². The average Bonchev–Trinajstić information content (AvgIpc) is 2.72. The zero-order valence-corrected chi connectivity index (χ0v) is 18.5. The van der Waals surface area contributed by atoms with Crippen LogP contribution in [0, 0.1) is 0 Å². The molecule has 1 atom stereocenters. The van der Waals surface area contributed by atoms with Crippen LogP contribution in [-0.2, 0) is 19.6 Å². The van der Waals surface area contributed by atoms with E-state index in [0.29, 0.717) is 18.2 Å². The molecule has 0 unspecified atom stereocenters. The van der Waals surface area contributed by atoms with Crippen LogP contribution in [0.1, 0.15) is 10.4 Å². The third-order valence-electron chi connectivity index (χ3n) is 4.50. The Bertz CT molecular complexity index is 1090. The maximum absolute atomic E-state index is 12.9. The highest BCUT2D eigenvalue weighted by atomic mass is 35.5. The van der Waals surface area contributed by atoms with Gasteiger partial charge in [-0.1, -0.05) is 23.7 Å². The summed E-state index contributed by atoms with van der Waals surface area (Å²) in [6.07, 6.45) is -0.0922. The van der Waals surface area contributed by atoms with Gasteiger partial charge in [0, 0.05) is 18.7 Å². The number of hydrogen-bond donors (Lipinski definition) is 2. The summed E-state index contributed by atoms with van der Waals surface area (Å²) in [7, 11) is -2.17. The van der Waals surface area contributed by atoms with Gasteiger partial charge in [0.15, 0.2) is 6.10 Å². The van der Waals surface area contributed by atoms with Crippen molar-refractivity contribution < 1.29 is 27.5 Å². The van der Waals surface area contributed by atoms with Crippen LogP contribution in [0.15, 0.2) is 42.5 Å². The molecule has 0 aromatic heterocycles. The number of hydrogen-bond acceptors (Lipinski definition) is 6. The van der Waals surface area contributed by atoms with Crippen LogP contribution in [0.3, 0.4) is 0 Å². The number of nitrogens with one attached hydrogen (secondary N) is 2. The standard InChI is InChI=1S/C20H22ClN3O6S/c1-29-10-9-22-19(25)14-5-3-4-6-15(14)23-20(26)18-12-24(31(2,27)28)16-11-13(21)7-8-17(16)30-18/h3-8,11,18H,9-10,12H2,1-2H3,(H,22,25)(H,23,26)/t18-/m0/s1. The molecule has 0 aliphatic carbocycles. The molecule has 166 valence electrons. The van der Waals surface area contributed by atoms with Crippen molar-refractivity contribution in [1.82, 2.24) is 5.32 Å². The highest BCUT2D eigenvalue weighted by Gasteiger charge is 2.35. The second kappa shape index (κ2) is 9.54. The molecule has 2 aromatic carbocycles. The molecular formula is C20H22ClN3O6S. The number of amides is 2. The molecule has 0 bridgehead atoms. The first-order valence-electron chi connectivity index (χ1n) is 9.31. The van der Waals surface area contributed by atoms with Crippen molar-refractivity contribution in [3.63, 3.8) is 0 Å². The van der Waals surface area contributed by atoms with Crippen LogP contribution in [0.25, 0.3) is 0 Å². The Kier molecular flexibility index (Phi) is 7.04. The quantitative estimate of drug-likeness (QED) is 0.601. The van der Waals surface area contributed by atoms with Crippen LogP contribution in [0.4, 0.5) is 11.4 Å². The van der Waals surface area contributed by atoms with Gasteiger partial charge >= 0.3 is 0 Å². The number of methoxy groups -OCH3 is 1. The largest absolute Gasteiger partial charge is 0.476 e. The first-order valence-corrected chi connectivity index (χ1v) is 11.5. The number of ether oxygens (including phenoxy) is 2. The second-order valence-electron chi connectivity index (χ2n) is 6.80. The fraction of sp³-hybridized carbons (Fsp3) is 0.300. The van der Waals surface area contributed by atoms with Crippen LogP contribution in [0.2, 0.25) is 5.02 Å². The minimum atomic E-state index is -3.69. The van der Waals surface area contributed by atoms with Crippen molar-refractivity contribution in [3.8, 4) is 5.75 Å². The van der Waals surface area contributed by atoms with E-state index in [1.807, 2.05) is 0 Å². The molecule has 0 saturated heterocycles. The van der Waals surface area contributed by atoms with Crippen molar-refractivity contribution in [2.75, 3.05) is 42.7 Å². The lowest BCUT2D eigenvalue weighted by atomic mass is 10.1. The molecule has 11 heteroatoms. The number of carbonyl (C=O) groups is 2. The monoisotopic (exact) mass is 467 g/mol. The van der Waals surface area contributed by atoms with E-state index in [0.717, 1.165) is 10.6 Å². The summed E-state index contributed by atoms with van der Waals surface area (Å²) in [6, 6.07) is 11.0. The summed E-state index contributed by atoms with van der Waals surface area (Å²) in [5, 5.41) is 5.69. The van der Waals surface area contributed by atoms with Gasteiger partial charge in [0.1, 0.15) is 5.75 Å². The summed E-state index contributed by atoms with van der Waals surface area (Å²) < 4.78 is 36.3. The molecule has 0 fully saturated rings. The molecule has 1 aliphatic heterocycles. The maximum Gasteiger partial charge on any atom is 0.267 e. The fourth-order valence-electron chi connectivity index (χ4n) is 3.04. The molecule has 0 spiro atoms. The third kappa shape index (κ3) is 5.46. The molecule has 0 radical (unpaired) electrons. The first-order chi connectivity index (χ1) is 14.7. The van der Waals surface area contributed by atoms with Crippen LogP contribution >= 0.6 is 11.6 Å². The van der Waals surface area contributed by atoms with Gasteiger partial charge in [-0.3, -0.25) is 13.9 Å². The molecule has 9 nitrogen and oxygen atoms in total. The van der Waals surface area contributed by atoms with Gasteiger partial charge in [-0.15, -0.1) is 0 Å². The number of rotatable bonds is 7. The molecular weight excluding hydrogens is 446 g/mol. The predicted molar refractivity (Wildman–Crippen MR) is 117 cm³/mol. The van der Waals surface area contributed by atoms with Crippen molar-refractivity contribution in [2.24, 2.45) is 0 Å². The van der Waals surface area contributed by atoms with Gasteiger partial charge in [-0.25, -0.2) is 8.42 Å². The minimum absolute atomic E-state index is 0.215. The number of benzene rings is 2. The zero-order chi connectivity index (χ0) is 22.6. The highest BCUT2D eigenvalue weighted by Crippen LogP contribution is 2.37. The van der Waals surface area contributed by atoms with E-state index in [2.05, 4.69) is 10.6 Å². The Morgan fingerprint density at radius 1 is 1.26 bits per heavy atom. The number of anilines is 2. The van der Waals surface area contributed by atoms with E-state index >= 15 is 0 Å². The molecule has 0 saturated carbocycles. The Morgan fingerprint density at radius 2 is 2.00 bits per heavy atom. The summed E-state index contributed by atoms with van der Waals surface area (Å²) in [4.78, 5) is 25.3. The molecule has 2 amide bonds. The van der Waals surface area contributed by atoms with Gasteiger partial charge in [-0.05, 0) is 30.3 Å². The first kappa shape index (κ1) is 22.9. The van der Waals surface area contributed by atoms with E-state index in [4.69, 9.17) is 21.1 Å². The Labute approximate surface area is 185 Å². The number of carbonyl (C=O) groups excluding carboxylic acids is 2. The molecule has 31 heavy (non-hydrogen) atoms. The van der Waals surface area contributed by atoms with Crippen molar-refractivity contribution in [2.45, 2.75) is 6.10 Å². The van der Waals surface area contributed by atoms with E-state index in [-0.39, 0.29) is 35.1 Å². The van der Waals surface area contributed by atoms with Gasteiger partial charge in [0.2, 0.25) is 10.0 Å². The summed E-state index contributed by atoms with van der Waals surface area (Å²) in [6.45, 7) is 0.424. The topological polar surface area (TPSA) is 114 Å². The van der Waals surface area contributed by atoms with Crippen molar-refractivity contribution in [3.05, 3.63) is 53.1 Å². The SMILES string of the molecule is COCCNC(=O)c1ccccc1NC(=O)[C@@H]1CN(S(C)(=O)=O)c2cc(Cl)ccc2O1. The van der Waals surface area contributed by atoms with E-state index in [1.165, 1.54) is 19.2 Å². The Balaban J connectivity index is 1.82. The zero-order valence-electron chi connectivity index (χ0n) is 16.9. The van der Waals surface area contributed by atoms with E-state index in [9.17, 15) is 18.0 Å². The molecule has 1 aliphatic rings. The van der Waals surface area contributed by atoms with Gasteiger partial charge < -0.3 is 20.1 Å². The van der Waals surface area contributed by atoms with E-state index in [1.54, 1.807) is 30.3 Å². The molecule has 2 N–H and O–H groups in total. The van der Waals surface area contributed by atoms with Gasteiger partial charge in [0.25, 0.3) is 11.8 Å². The average molecular weight is 468 g/mol. The summed E-state index contributed by atoms with van der Waals surface area (Å²) in [5.74, 6) is -0.756. The van der Waals surface area contributed by atoms with Gasteiger partial charge in [0.05, 0.1) is 36.3 Å². The molecule has 1 heterocycles. The number of sulfonamides is 1. The summed E-state index contributed by atoms with van der Waals surface area (Å²) >= 11 is 5.99.